The monoisotopic (exact) mass is 449 g/mol. The van der Waals surface area contributed by atoms with Crippen LogP contribution in [-0.4, -0.2) is 11.9 Å². The van der Waals surface area contributed by atoms with Gasteiger partial charge in [0.25, 0.3) is 5.91 Å². The molecule has 2 N–H and O–H groups in total. The standard InChI is InChI=1S/C29H43N3O/c1-2-28(25-19-18-23-14-12-13-15-24(23)20-25)32-29(33)26(21-30)22-31-27-16-10-8-6-4-3-5-7-9-11-17-27/h18-20,22,27-28,31H,2-17H2,1H3,(H,32,33)/b26-22-. The Morgan fingerprint density at radius 2 is 1.58 bits per heavy atom. The van der Waals surface area contributed by atoms with Crippen molar-refractivity contribution in [2.75, 3.05) is 0 Å². The van der Waals surface area contributed by atoms with Crippen molar-refractivity contribution in [1.29, 1.82) is 5.26 Å². The van der Waals surface area contributed by atoms with Crippen LogP contribution in [0, 0.1) is 11.3 Å². The van der Waals surface area contributed by atoms with Gasteiger partial charge in [0, 0.05) is 12.2 Å². The second-order valence-electron chi connectivity index (χ2n) is 9.96. The summed E-state index contributed by atoms with van der Waals surface area (Å²) in [6, 6.07) is 9.05. The van der Waals surface area contributed by atoms with Gasteiger partial charge >= 0.3 is 0 Å². The van der Waals surface area contributed by atoms with Crippen molar-refractivity contribution in [2.24, 2.45) is 0 Å². The lowest BCUT2D eigenvalue weighted by Gasteiger charge is -2.22. The van der Waals surface area contributed by atoms with Crippen molar-refractivity contribution in [3.05, 3.63) is 46.7 Å². The molecule has 2 aliphatic carbocycles. The summed E-state index contributed by atoms with van der Waals surface area (Å²) in [5.41, 5.74) is 4.20. The van der Waals surface area contributed by atoms with Gasteiger partial charge in [-0.1, -0.05) is 82.9 Å². The normalized spacial score (nSPS) is 19.8. The molecule has 33 heavy (non-hydrogen) atoms. The molecule has 1 saturated carbocycles. The van der Waals surface area contributed by atoms with Crippen LogP contribution in [0.3, 0.4) is 0 Å². The van der Waals surface area contributed by atoms with E-state index >= 15 is 0 Å². The van der Waals surface area contributed by atoms with E-state index in [0.717, 1.165) is 37.7 Å². The molecule has 0 aliphatic heterocycles. The van der Waals surface area contributed by atoms with E-state index in [2.05, 4.69) is 41.8 Å². The highest BCUT2D eigenvalue weighted by atomic mass is 16.1. The lowest BCUT2D eigenvalue weighted by Crippen LogP contribution is -2.31. The molecule has 1 aromatic carbocycles. The SMILES string of the molecule is CCC(NC(=O)/C(C#N)=C\NC1CCCCCCCCCCC1)c1ccc2c(c1)CCCC2. The van der Waals surface area contributed by atoms with Gasteiger partial charge in [-0.05, 0) is 61.6 Å². The minimum Gasteiger partial charge on any atom is -0.387 e. The van der Waals surface area contributed by atoms with Crippen LogP contribution in [0.4, 0.5) is 0 Å². The number of benzene rings is 1. The fourth-order valence-electron chi connectivity index (χ4n) is 5.31. The minimum absolute atomic E-state index is 0.0668. The highest BCUT2D eigenvalue weighted by molar-refractivity contribution is 5.97. The van der Waals surface area contributed by atoms with E-state index in [1.54, 1.807) is 6.20 Å². The van der Waals surface area contributed by atoms with Crippen molar-refractivity contribution in [3.8, 4) is 6.07 Å². The molecule has 3 rings (SSSR count). The minimum atomic E-state index is -0.275. The number of rotatable bonds is 6. The van der Waals surface area contributed by atoms with Gasteiger partial charge in [-0.2, -0.15) is 5.26 Å². The van der Waals surface area contributed by atoms with E-state index in [0.29, 0.717) is 6.04 Å². The van der Waals surface area contributed by atoms with E-state index in [1.165, 1.54) is 81.8 Å². The zero-order valence-corrected chi connectivity index (χ0v) is 20.6. The van der Waals surface area contributed by atoms with Gasteiger partial charge < -0.3 is 10.6 Å². The molecular weight excluding hydrogens is 406 g/mol. The number of fused-ring (bicyclic) bond motifs is 1. The van der Waals surface area contributed by atoms with Crippen molar-refractivity contribution >= 4 is 5.91 Å². The van der Waals surface area contributed by atoms with Crippen LogP contribution in [0.1, 0.15) is 120 Å². The first-order valence-corrected chi connectivity index (χ1v) is 13.5. The summed E-state index contributed by atoms with van der Waals surface area (Å²) in [6.07, 6.45) is 21.3. The zero-order valence-electron chi connectivity index (χ0n) is 20.6. The fraction of sp³-hybridized carbons (Fsp3) is 0.655. The van der Waals surface area contributed by atoms with Gasteiger partial charge in [-0.25, -0.2) is 0 Å². The molecule has 1 fully saturated rings. The first-order valence-electron chi connectivity index (χ1n) is 13.5. The number of carbonyl (C=O) groups is 1. The molecule has 0 spiro atoms. The van der Waals surface area contributed by atoms with Gasteiger partial charge in [0.05, 0.1) is 6.04 Å². The van der Waals surface area contributed by atoms with E-state index in [9.17, 15) is 10.1 Å². The summed E-state index contributed by atoms with van der Waals surface area (Å²) in [7, 11) is 0. The van der Waals surface area contributed by atoms with Crippen molar-refractivity contribution in [3.63, 3.8) is 0 Å². The lowest BCUT2D eigenvalue weighted by atomic mass is 9.88. The average molecular weight is 450 g/mol. The van der Waals surface area contributed by atoms with Gasteiger partial charge in [-0.3, -0.25) is 4.79 Å². The molecule has 0 aromatic heterocycles. The summed E-state index contributed by atoms with van der Waals surface area (Å²) < 4.78 is 0. The molecule has 2 aliphatic rings. The molecule has 1 unspecified atom stereocenters. The van der Waals surface area contributed by atoms with Crippen molar-refractivity contribution < 1.29 is 4.79 Å². The maximum absolute atomic E-state index is 12.9. The maximum Gasteiger partial charge on any atom is 0.263 e. The number of nitrogens with one attached hydrogen (secondary N) is 2. The second-order valence-corrected chi connectivity index (χ2v) is 9.96. The van der Waals surface area contributed by atoms with E-state index in [4.69, 9.17) is 0 Å². The molecule has 0 saturated heterocycles. The molecule has 1 atom stereocenters. The van der Waals surface area contributed by atoms with Crippen LogP contribution < -0.4 is 10.6 Å². The third kappa shape index (κ3) is 8.22. The predicted octanol–water partition coefficient (Wildman–Crippen LogP) is 6.80. The third-order valence-corrected chi connectivity index (χ3v) is 7.42. The number of amides is 1. The van der Waals surface area contributed by atoms with E-state index in [1.807, 2.05) is 0 Å². The Morgan fingerprint density at radius 1 is 0.970 bits per heavy atom. The highest BCUT2D eigenvalue weighted by Crippen LogP contribution is 2.26. The summed E-state index contributed by atoms with van der Waals surface area (Å²) in [5, 5.41) is 16.2. The van der Waals surface area contributed by atoms with E-state index in [-0.39, 0.29) is 17.5 Å². The molecule has 0 heterocycles. The molecule has 4 nitrogen and oxygen atoms in total. The van der Waals surface area contributed by atoms with E-state index < -0.39 is 0 Å². The Balaban J connectivity index is 1.59. The van der Waals surface area contributed by atoms with Crippen LogP contribution in [0.25, 0.3) is 0 Å². The Bertz CT molecular complexity index is 811. The largest absolute Gasteiger partial charge is 0.387 e. The van der Waals surface area contributed by atoms with Gasteiger partial charge in [0.2, 0.25) is 0 Å². The predicted molar refractivity (Wildman–Crippen MR) is 136 cm³/mol. The fourth-order valence-corrected chi connectivity index (χ4v) is 5.31. The number of aryl methyl sites for hydroxylation is 2. The van der Waals surface area contributed by atoms with Gasteiger partial charge in [0.15, 0.2) is 0 Å². The summed E-state index contributed by atoms with van der Waals surface area (Å²) >= 11 is 0. The Hall–Kier alpha value is -2.28. The second kappa shape index (κ2) is 14.1. The Labute approximate surface area is 201 Å². The zero-order chi connectivity index (χ0) is 23.3. The number of nitriles is 1. The molecule has 1 amide bonds. The topological polar surface area (TPSA) is 64.9 Å². The number of nitrogens with zero attached hydrogens (tertiary/aromatic N) is 1. The summed E-state index contributed by atoms with van der Waals surface area (Å²) in [6.45, 7) is 2.09. The summed E-state index contributed by atoms with van der Waals surface area (Å²) in [4.78, 5) is 12.9. The number of hydrogen-bond acceptors (Lipinski definition) is 3. The van der Waals surface area contributed by atoms with Crippen LogP contribution >= 0.6 is 0 Å². The smallest absolute Gasteiger partial charge is 0.263 e. The number of hydrogen-bond donors (Lipinski definition) is 2. The van der Waals surface area contributed by atoms with Gasteiger partial charge in [0.1, 0.15) is 11.6 Å². The average Bonchev–Trinajstić information content (AvgIpc) is 2.83. The van der Waals surface area contributed by atoms with Crippen LogP contribution in [0.2, 0.25) is 0 Å². The molecule has 0 bridgehead atoms. The molecule has 180 valence electrons. The molecular formula is C29H43N3O. The lowest BCUT2D eigenvalue weighted by molar-refractivity contribution is -0.117. The Morgan fingerprint density at radius 3 is 2.18 bits per heavy atom. The highest BCUT2D eigenvalue weighted by Gasteiger charge is 2.19. The van der Waals surface area contributed by atoms with Gasteiger partial charge in [-0.15, -0.1) is 0 Å². The summed E-state index contributed by atoms with van der Waals surface area (Å²) in [5.74, 6) is -0.275. The first kappa shape index (κ1) is 25.3. The first-order chi connectivity index (χ1) is 16.2. The molecule has 4 heteroatoms. The van der Waals surface area contributed by atoms with Crippen LogP contribution in [0.15, 0.2) is 30.0 Å². The number of carbonyl (C=O) groups excluding carboxylic acids is 1. The Kier molecular flexibility index (Phi) is 10.8. The third-order valence-electron chi connectivity index (χ3n) is 7.42. The molecule has 0 radical (unpaired) electrons. The van der Waals surface area contributed by atoms with Crippen molar-refractivity contribution in [2.45, 2.75) is 122 Å². The van der Waals surface area contributed by atoms with Crippen molar-refractivity contribution in [1.82, 2.24) is 10.6 Å². The maximum atomic E-state index is 12.9. The quantitative estimate of drug-likeness (QED) is 0.371. The van der Waals surface area contributed by atoms with Crippen LogP contribution in [0.5, 0.6) is 0 Å². The van der Waals surface area contributed by atoms with Crippen LogP contribution in [-0.2, 0) is 17.6 Å². The molecule has 1 aromatic rings.